The van der Waals surface area contributed by atoms with Crippen molar-refractivity contribution < 1.29 is 0 Å². The van der Waals surface area contributed by atoms with E-state index in [-0.39, 0.29) is 0 Å². The molecular formula is C13H21NS. The molecule has 1 aliphatic rings. The second kappa shape index (κ2) is 5.13. The Morgan fingerprint density at radius 2 is 2.27 bits per heavy atom. The van der Waals surface area contributed by atoms with Crippen LogP contribution in [-0.2, 0) is 6.42 Å². The van der Waals surface area contributed by atoms with Gasteiger partial charge in [-0.1, -0.05) is 13.8 Å². The summed E-state index contributed by atoms with van der Waals surface area (Å²) in [4.78, 5) is 1.61. The van der Waals surface area contributed by atoms with Gasteiger partial charge in [0, 0.05) is 10.9 Å². The standard InChI is InChI=1S/C13H21NS/c1-3-8-14-12(11-5-6-11)13-10(4-2)7-9-15-13/h7,9,11-12,14H,3-6,8H2,1-2H3. The van der Waals surface area contributed by atoms with Crippen LogP contribution in [0, 0.1) is 5.92 Å². The minimum Gasteiger partial charge on any atom is -0.309 e. The van der Waals surface area contributed by atoms with E-state index in [0.717, 1.165) is 12.5 Å². The van der Waals surface area contributed by atoms with E-state index in [2.05, 4.69) is 30.6 Å². The van der Waals surface area contributed by atoms with Crippen LogP contribution in [0.1, 0.15) is 49.6 Å². The SMILES string of the molecule is CCCNC(c1sccc1CC)C1CC1. The zero-order valence-corrected chi connectivity index (χ0v) is 10.6. The third-order valence-electron chi connectivity index (χ3n) is 3.15. The van der Waals surface area contributed by atoms with Crippen LogP contribution in [0.25, 0.3) is 0 Å². The molecule has 0 radical (unpaired) electrons. The molecule has 0 aliphatic heterocycles. The lowest BCUT2D eigenvalue weighted by atomic mass is 10.1. The van der Waals surface area contributed by atoms with E-state index in [1.54, 1.807) is 10.4 Å². The number of nitrogens with one attached hydrogen (secondary N) is 1. The lowest BCUT2D eigenvalue weighted by Gasteiger charge is -2.18. The first kappa shape index (κ1) is 11.2. The monoisotopic (exact) mass is 223 g/mol. The van der Waals surface area contributed by atoms with Gasteiger partial charge >= 0.3 is 0 Å². The van der Waals surface area contributed by atoms with Gasteiger partial charge in [0.25, 0.3) is 0 Å². The molecule has 0 amide bonds. The van der Waals surface area contributed by atoms with Gasteiger partial charge in [-0.2, -0.15) is 0 Å². The highest BCUT2D eigenvalue weighted by molar-refractivity contribution is 7.10. The van der Waals surface area contributed by atoms with E-state index in [9.17, 15) is 0 Å². The molecule has 1 nitrogen and oxygen atoms in total. The molecular weight excluding hydrogens is 202 g/mol. The second-order valence-corrected chi connectivity index (χ2v) is 5.38. The van der Waals surface area contributed by atoms with Gasteiger partial charge in [-0.15, -0.1) is 11.3 Å². The number of hydrogen-bond donors (Lipinski definition) is 1. The van der Waals surface area contributed by atoms with Gasteiger partial charge in [0.2, 0.25) is 0 Å². The summed E-state index contributed by atoms with van der Waals surface area (Å²) in [5.41, 5.74) is 1.56. The normalized spacial score (nSPS) is 18.0. The Hall–Kier alpha value is -0.340. The zero-order chi connectivity index (χ0) is 10.7. The summed E-state index contributed by atoms with van der Waals surface area (Å²) in [6, 6.07) is 2.95. The van der Waals surface area contributed by atoms with Crippen molar-refractivity contribution in [1.82, 2.24) is 5.32 Å². The Kier molecular flexibility index (Phi) is 3.81. The van der Waals surface area contributed by atoms with Crippen LogP contribution >= 0.6 is 11.3 Å². The first-order chi connectivity index (χ1) is 7.36. The van der Waals surface area contributed by atoms with E-state index in [1.807, 2.05) is 11.3 Å². The molecule has 2 rings (SSSR count). The molecule has 1 heterocycles. The van der Waals surface area contributed by atoms with Crippen LogP contribution in [0.2, 0.25) is 0 Å². The van der Waals surface area contributed by atoms with Crippen LogP contribution in [0.5, 0.6) is 0 Å². The van der Waals surface area contributed by atoms with Crippen molar-refractivity contribution in [3.05, 3.63) is 21.9 Å². The van der Waals surface area contributed by atoms with Crippen molar-refractivity contribution in [2.45, 2.75) is 45.6 Å². The van der Waals surface area contributed by atoms with Crippen molar-refractivity contribution in [2.75, 3.05) is 6.54 Å². The molecule has 1 atom stereocenters. The summed E-state index contributed by atoms with van der Waals surface area (Å²) in [6.45, 7) is 5.66. The first-order valence-corrected chi connectivity index (χ1v) is 7.04. The Bertz CT molecular complexity index is 301. The van der Waals surface area contributed by atoms with Gasteiger partial charge in [-0.05, 0) is 55.2 Å². The molecule has 2 heteroatoms. The van der Waals surface area contributed by atoms with Crippen molar-refractivity contribution >= 4 is 11.3 Å². The Morgan fingerprint density at radius 3 is 2.87 bits per heavy atom. The fourth-order valence-electron chi connectivity index (χ4n) is 2.12. The molecule has 0 saturated heterocycles. The number of thiophene rings is 1. The number of hydrogen-bond acceptors (Lipinski definition) is 2. The molecule has 1 N–H and O–H groups in total. The predicted molar refractivity (Wildman–Crippen MR) is 67.5 cm³/mol. The lowest BCUT2D eigenvalue weighted by Crippen LogP contribution is -2.23. The largest absolute Gasteiger partial charge is 0.309 e. The van der Waals surface area contributed by atoms with E-state index < -0.39 is 0 Å². The Morgan fingerprint density at radius 1 is 1.47 bits per heavy atom. The molecule has 84 valence electrons. The van der Waals surface area contributed by atoms with Crippen LogP contribution in [0.15, 0.2) is 11.4 Å². The lowest BCUT2D eigenvalue weighted by molar-refractivity contribution is 0.485. The molecule has 1 aromatic rings. The van der Waals surface area contributed by atoms with Gasteiger partial charge in [0.1, 0.15) is 0 Å². The highest BCUT2D eigenvalue weighted by Crippen LogP contribution is 2.43. The minimum atomic E-state index is 0.653. The summed E-state index contributed by atoms with van der Waals surface area (Å²) in [5.74, 6) is 0.917. The van der Waals surface area contributed by atoms with Gasteiger partial charge in [-0.3, -0.25) is 0 Å². The van der Waals surface area contributed by atoms with E-state index in [4.69, 9.17) is 0 Å². The molecule has 15 heavy (non-hydrogen) atoms. The summed E-state index contributed by atoms with van der Waals surface area (Å²) >= 11 is 1.94. The van der Waals surface area contributed by atoms with Crippen molar-refractivity contribution in [3.63, 3.8) is 0 Å². The fourth-order valence-corrected chi connectivity index (χ4v) is 3.28. The third-order valence-corrected chi connectivity index (χ3v) is 4.19. The maximum Gasteiger partial charge on any atom is 0.0446 e. The summed E-state index contributed by atoms with van der Waals surface area (Å²) in [5, 5.41) is 5.97. The molecule has 1 unspecified atom stereocenters. The average Bonchev–Trinajstić information content (AvgIpc) is 2.97. The predicted octanol–water partition coefficient (Wildman–Crippen LogP) is 3.76. The first-order valence-electron chi connectivity index (χ1n) is 6.16. The highest BCUT2D eigenvalue weighted by Gasteiger charge is 2.33. The van der Waals surface area contributed by atoms with Gasteiger partial charge in [-0.25, -0.2) is 0 Å². The average molecular weight is 223 g/mol. The zero-order valence-electron chi connectivity index (χ0n) is 9.75. The van der Waals surface area contributed by atoms with Gasteiger partial charge in [0.15, 0.2) is 0 Å². The summed E-state index contributed by atoms with van der Waals surface area (Å²) in [6.07, 6.45) is 5.25. The second-order valence-electron chi connectivity index (χ2n) is 4.43. The summed E-state index contributed by atoms with van der Waals surface area (Å²) < 4.78 is 0. The van der Waals surface area contributed by atoms with E-state index >= 15 is 0 Å². The molecule has 0 spiro atoms. The van der Waals surface area contributed by atoms with Crippen molar-refractivity contribution in [2.24, 2.45) is 5.92 Å². The van der Waals surface area contributed by atoms with Crippen LogP contribution in [-0.4, -0.2) is 6.54 Å². The van der Waals surface area contributed by atoms with Crippen LogP contribution < -0.4 is 5.32 Å². The minimum absolute atomic E-state index is 0.653. The number of rotatable bonds is 6. The maximum absolute atomic E-state index is 3.72. The molecule has 1 saturated carbocycles. The number of aryl methyl sites for hydroxylation is 1. The molecule has 1 fully saturated rings. The molecule has 1 aromatic heterocycles. The quantitative estimate of drug-likeness (QED) is 0.774. The highest BCUT2D eigenvalue weighted by atomic mass is 32.1. The van der Waals surface area contributed by atoms with Crippen molar-refractivity contribution in [1.29, 1.82) is 0 Å². The van der Waals surface area contributed by atoms with E-state index in [0.29, 0.717) is 6.04 Å². The smallest absolute Gasteiger partial charge is 0.0446 e. The van der Waals surface area contributed by atoms with Crippen LogP contribution in [0.3, 0.4) is 0 Å². The van der Waals surface area contributed by atoms with E-state index in [1.165, 1.54) is 25.7 Å². The molecule has 0 bridgehead atoms. The fraction of sp³-hybridized carbons (Fsp3) is 0.692. The van der Waals surface area contributed by atoms with Crippen LogP contribution in [0.4, 0.5) is 0 Å². The molecule has 0 aromatic carbocycles. The Labute approximate surface area is 96.9 Å². The molecule has 1 aliphatic carbocycles. The third kappa shape index (κ3) is 2.61. The van der Waals surface area contributed by atoms with Crippen molar-refractivity contribution in [3.8, 4) is 0 Å². The Balaban J connectivity index is 2.09. The summed E-state index contributed by atoms with van der Waals surface area (Å²) in [7, 11) is 0. The topological polar surface area (TPSA) is 12.0 Å². The van der Waals surface area contributed by atoms with Gasteiger partial charge in [0.05, 0.1) is 0 Å². The maximum atomic E-state index is 3.72. The van der Waals surface area contributed by atoms with Gasteiger partial charge < -0.3 is 5.32 Å².